The number of carbonyl (C=O) groups excluding carboxylic acids is 3. The van der Waals surface area contributed by atoms with Gasteiger partial charge in [0.2, 0.25) is 5.91 Å². The summed E-state index contributed by atoms with van der Waals surface area (Å²) in [6.45, 7) is 8.73. The SMILES string of the molecule is C=CCN(C(=O)C1N(CCCCCCO)C(=O)[C@@H]2[C@@H](C(=O)OCC)[C@@]3(C)CCC12S3)c1ccccc1Cl. The van der Waals surface area contributed by atoms with Crippen molar-refractivity contribution in [1.82, 2.24) is 4.90 Å². The van der Waals surface area contributed by atoms with Crippen LogP contribution in [0, 0.1) is 11.8 Å². The van der Waals surface area contributed by atoms with Crippen molar-refractivity contribution >= 4 is 46.8 Å². The number of anilines is 1. The van der Waals surface area contributed by atoms with Crippen molar-refractivity contribution in [1.29, 1.82) is 0 Å². The molecule has 3 saturated heterocycles. The normalized spacial score (nSPS) is 29.9. The second-order valence-corrected chi connectivity index (χ2v) is 12.6. The molecule has 7 nitrogen and oxygen atoms in total. The number of nitrogens with zero attached hydrogens (tertiary/aromatic N) is 2. The highest BCUT2D eigenvalue weighted by molar-refractivity contribution is 8.02. The van der Waals surface area contributed by atoms with E-state index in [2.05, 4.69) is 6.58 Å². The number of para-hydroxylation sites is 1. The van der Waals surface area contributed by atoms with E-state index in [1.807, 2.05) is 19.1 Å². The Morgan fingerprint density at radius 1 is 1.27 bits per heavy atom. The molecule has 3 aliphatic heterocycles. The Morgan fingerprint density at radius 3 is 2.68 bits per heavy atom. The zero-order chi connectivity index (χ0) is 26.8. The Labute approximate surface area is 228 Å². The standard InChI is InChI=1S/C28H37ClN2O5S/c1-4-16-30(20-13-9-8-12-19(20)29)25(34)23-28-15-14-27(3,37-28)22(26(35)36-5-2)21(28)24(33)31(23)17-10-6-7-11-18-32/h4,8-9,12-13,21-23,32H,1,5-7,10-11,14-18H2,2-3H3/t21-,22-,23?,27+,28?/m0/s1. The number of hydrogen-bond donors (Lipinski definition) is 1. The third-order valence-corrected chi connectivity index (χ3v) is 10.4. The fraction of sp³-hybridized carbons (Fsp3) is 0.607. The number of carbonyl (C=O) groups is 3. The number of amides is 2. The molecule has 9 heteroatoms. The highest BCUT2D eigenvalue weighted by atomic mass is 35.5. The van der Waals surface area contributed by atoms with Gasteiger partial charge in [-0.3, -0.25) is 14.4 Å². The first-order valence-electron chi connectivity index (χ1n) is 13.2. The van der Waals surface area contributed by atoms with Crippen molar-refractivity contribution in [2.24, 2.45) is 11.8 Å². The second-order valence-electron chi connectivity index (χ2n) is 10.3. The zero-order valence-electron chi connectivity index (χ0n) is 21.7. The summed E-state index contributed by atoms with van der Waals surface area (Å²) in [6.07, 6.45) is 6.21. The van der Waals surface area contributed by atoms with Crippen LogP contribution in [0.1, 0.15) is 52.4 Å². The Bertz CT molecular complexity index is 1050. The number of aliphatic hydroxyl groups is 1. The summed E-state index contributed by atoms with van der Waals surface area (Å²) in [7, 11) is 0. The van der Waals surface area contributed by atoms with Gasteiger partial charge in [-0.25, -0.2) is 0 Å². The van der Waals surface area contributed by atoms with Crippen LogP contribution in [0.4, 0.5) is 5.69 Å². The molecule has 0 radical (unpaired) electrons. The molecule has 0 aliphatic carbocycles. The van der Waals surface area contributed by atoms with Crippen LogP contribution >= 0.6 is 23.4 Å². The average molecular weight is 549 g/mol. The monoisotopic (exact) mass is 548 g/mol. The van der Waals surface area contributed by atoms with E-state index < -0.39 is 27.4 Å². The van der Waals surface area contributed by atoms with Gasteiger partial charge in [0, 0.05) is 24.4 Å². The van der Waals surface area contributed by atoms with Gasteiger partial charge in [0.25, 0.3) is 5.91 Å². The van der Waals surface area contributed by atoms with Gasteiger partial charge in [0.1, 0.15) is 6.04 Å². The molecular weight excluding hydrogens is 512 g/mol. The first-order chi connectivity index (χ1) is 17.8. The summed E-state index contributed by atoms with van der Waals surface area (Å²) in [6, 6.07) is 6.47. The van der Waals surface area contributed by atoms with Crippen molar-refractivity contribution in [2.45, 2.75) is 67.9 Å². The quantitative estimate of drug-likeness (QED) is 0.236. The Hall–Kier alpha value is -2.03. The lowest BCUT2D eigenvalue weighted by atomic mass is 9.66. The highest BCUT2D eigenvalue weighted by Gasteiger charge is 2.77. The van der Waals surface area contributed by atoms with Crippen molar-refractivity contribution in [3.05, 3.63) is 41.9 Å². The molecule has 1 spiro atoms. The van der Waals surface area contributed by atoms with E-state index in [-0.39, 0.29) is 37.5 Å². The van der Waals surface area contributed by atoms with Crippen molar-refractivity contribution < 1.29 is 24.2 Å². The molecule has 2 bridgehead atoms. The van der Waals surface area contributed by atoms with E-state index in [1.54, 1.807) is 46.7 Å². The molecule has 1 aromatic rings. The smallest absolute Gasteiger partial charge is 0.311 e. The van der Waals surface area contributed by atoms with Gasteiger partial charge < -0.3 is 19.6 Å². The molecule has 1 aromatic carbocycles. The summed E-state index contributed by atoms with van der Waals surface area (Å²) in [5, 5.41) is 9.57. The minimum Gasteiger partial charge on any atom is -0.466 e. The largest absolute Gasteiger partial charge is 0.466 e. The van der Waals surface area contributed by atoms with Crippen LogP contribution in [0.25, 0.3) is 0 Å². The van der Waals surface area contributed by atoms with E-state index in [4.69, 9.17) is 21.4 Å². The molecule has 202 valence electrons. The molecule has 3 heterocycles. The van der Waals surface area contributed by atoms with Crippen LogP contribution in [-0.2, 0) is 19.1 Å². The number of thioether (sulfide) groups is 1. The Morgan fingerprint density at radius 2 is 2.00 bits per heavy atom. The molecule has 37 heavy (non-hydrogen) atoms. The number of aliphatic hydroxyl groups excluding tert-OH is 1. The lowest BCUT2D eigenvalue weighted by molar-refractivity contribution is -0.155. The number of halogens is 1. The first kappa shape index (κ1) is 28.0. The van der Waals surface area contributed by atoms with Gasteiger partial charge >= 0.3 is 5.97 Å². The molecule has 5 atom stereocenters. The fourth-order valence-corrected chi connectivity index (χ4v) is 9.11. The number of esters is 1. The van der Waals surface area contributed by atoms with Crippen molar-refractivity contribution in [3.63, 3.8) is 0 Å². The van der Waals surface area contributed by atoms with Gasteiger partial charge in [-0.05, 0) is 51.7 Å². The molecule has 4 rings (SSSR count). The van der Waals surface area contributed by atoms with Crippen LogP contribution in [0.5, 0.6) is 0 Å². The van der Waals surface area contributed by atoms with Gasteiger partial charge in [-0.15, -0.1) is 18.3 Å². The highest BCUT2D eigenvalue weighted by Crippen LogP contribution is 2.71. The summed E-state index contributed by atoms with van der Waals surface area (Å²) < 4.78 is 4.30. The summed E-state index contributed by atoms with van der Waals surface area (Å²) in [5.74, 6) is -1.85. The minimum atomic E-state index is -0.717. The van der Waals surface area contributed by atoms with Crippen LogP contribution in [0.3, 0.4) is 0 Å². The molecule has 3 fully saturated rings. The topological polar surface area (TPSA) is 87.2 Å². The zero-order valence-corrected chi connectivity index (χ0v) is 23.2. The lowest BCUT2D eigenvalue weighted by Crippen LogP contribution is -2.55. The second kappa shape index (κ2) is 11.4. The third-order valence-electron chi connectivity index (χ3n) is 8.08. The summed E-state index contributed by atoms with van der Waals surface area (Å²) >= 11 is 8.15. The number of hydrogen-bond acceptors (Lipinski definition) is 6. The van der Waals surface area contributed by atoms with Gasteiger partial charge in [0.15, 0.2) is 0 Å². The van der Waals surface area contributed by atoms with E-state index in [1.165, 1.54) is 0 Å². The third kappa shape index (κ3) is 4.81. The minimum absolute atomic E-state index is 0.132. The predicted molar refractivity (Wildman–Crippen MR) is 147 cm³/mol. The number of unbranched alkanes of at least 4 members (excludes halogenated alkanes) is 3. The van der Waals surface area contributed by atoms with E-state index >= 15 is 0 Å². The molecule has 2 amide bonds. The van der Waals surface area contributed by atoms with Gasteiger partial charge in [-0.2, -0.15) is 0 Å². The molecule has 3 aliphatic rings. The summed E-state index contributed by atoms with van der Waals surface area (Å²) in [5.41, 5.74) is 0.579. The van der Waals surface area contributed by atoms with Crippen LogP contribution < -0.4 is 4.90 Å². The van der Waals surface area contributed by atoms with E-state index in [0.29, 0.717) is 30.1 Å². The van der Waals surface area contributed by atoms with Crippen molar-refractivity contribution in [2.75, 3.05) is 31.2 Å². The number of likely N-dealkylation sites (tertiary alicyclic amines) is 1. The molecular formula is C28H37ClN2O5S. The van der Waals surface area contributed by atoms with Gasteiger partial charge in [-0.1, -0.05) is 42.7 Å². The Balaban J connectivity index is 1.74. The maximum atomic E-state index is 14.5. The van der Waals surface area contributed by atoms with Gasteiger partial charge in [0.05, 0.1) is 33.9 Å². The number of ether oxygens (including phenoxy) is 1. The molecule has 0 aromatic heterocycles. The number of fused-ring (bicyclic) bond motifs is 1. The maximum absolute atomic E-state index is 14.5. The predicted octanol–water partition coefficient (Wildman–Crippen LogP) is 4.46. The van der Waals surface area contributed by atoms with Crippen LogP contribution in [0.2, 0.25) is 5.02 Å². The van der Waals surface area contributed by atoms with E-state index in [0.717, 1.165) is 25.7 Å². The number of rotatable bonds is 12. The molecule has 1 N–H and O–H groups in total. The first-order valence-corrected chi connectivity index (χ1v) is 14.4. The Kier molecular flexibility index (Phi) is 8.61. The maximum Gasteiger partial charge on any atom is 0.311 e. The molecule has 0 saturated carbocycles. The van der Waals surface area contributed by atoms with Crippen LogP contribution in [0.15, 0.2) is 36.9 Å². The fourth-order valence-electron chi connectivity index (χ4n) is 6.54. The molecule has 2 unspecified atom stereocenters. The number of benzene rings is 1. The summed E-state index contributed by atoms with van der Waals surface area (Å²) in [4.78, 5) is 45.1. The lowest BCUT2D eigenvalue weighted by Gasteiger charge is -2.37. The van der Waals surface area contributed by atoms with Crippen LogP contribution in [-0.4, -0.2) is 69.6 Å². The van der Waals surface area contributed by atoms with E-state index in [9.17, 15) is 14.4 Å². The average Bonchev–Trinajstić information content (AvgIpc) is 3.43. The van der Waals surface area contributed by atoms with Crippen molar-refractivity contribution in [3.8, 4) is 0 Å².